The highest BCUT2D eigenvalue weighted by molar-refractivity contribution is 6.42. The van der Waals surface area contributed by atoms with Crippen LogP contribution in [0.5, 0.6) is 5.75 Å². The van der Waals surface area contributed by atoms with Gasteiger partial charge in [-0.1, -0.05) is 29.3 Å². The largest absolute Gasteiger partial charge is 0.489 e. The van der Waals surface area contributed by atoms with Crippen LogP contribution < -0.4 is 21.1 Å². The molecule has 0 spiro atoms. The molecule has 0 aliphatic heterocycles. The average Bonchev–Trinajstić information content (AvgIpc) is 2.51. The molecule has 0 aliphatic carbocycles. The summed E-state index contributed by atoms with van der Waals surface area (Å²) in [5, 5.41) is 15.1. The second kappa shape index (κ2) is 9.47. The number of halogens is 2. The summed E-state index contributed by atoms with van der Waals surface area (Å²) in [7, 11) is 0. The number of aliphatic hydroxyl groups excluding tert-OH is 1. The van der Waals surface area contributed by atoms with E-state index in [1.165, 1.54) is 0 Å². The van der Waals surface area contributed by atoms with Crippen molar-refractivity contribution >= 4 is 35.0 Å². The molecule has 0 heterocycles. The van der Waals surface area contributed by atoms with Crippen LogP contribution in [0, 0.1) is 0 Å². The minimum Gasteiger partial charge on any atom is -0.489 e. The first kappa shape index (κ1) is 18.5. The fraction of sp³-hybridized carbons (Fsp3) is 0.385. The van der Waals surface area contributed by atoms with Crippen LogP contribution in [0.25, 0.3) is 0 Å². The van der Waals surface area contributed by atoms with Gasteiger partial charge in [-0.25, -0.2) is 0 Å². The molecule has 0 aliphatic rings. The van der Waals surface area contributed by atoms with Crippen molar-refractivity contribution in [2.75, 3.05) is 26.2 Å². The Morgan fingerprint density at radius 1 is 1.27 bits per heavy atom. The van der Waals surface area contributed by atoms with Gasteiger partial charge in [0, 0.05) is 6.54 Å². The van der Waals surface area contributed by atoms with Gasteiger partial charge in [-0.05, 0) is 12.1 Å². The fourth-order valence-corrected chi connectivity index (χ4v) is 1.73. The predicted octanol–water partition coefficient (Wildman–Crippen LogP) is -0.0758. The van der Waals surface area contributed by atoms with E-state index in [-0.39, 0.29) is 31.3 Å². The molecule has 7 nitrogen and oxygen atoms in total. The zero-order valence-corrected chi connectivity index (χ0v) is 13.2. The number of carbonyl (C=O) groups is 2. The molecule has 122 valence electrons. The van der Waals surface area contributed by atoms with Gasteiger partial charge in [-0.3, -0.25) is 9.59 Å². The second-order valence-electron chi connectivity index (χ2n) is 4.30. The van der Waals surface area contributed by atoms with E-state index in [0.29, 0.717) is 10.8 Å². The molecule has 1 atom stereocenters. The van der Waals surface area contributed by atoms with E-state index in [1.54, 1.807) is 18.2 Å². The maximum Gasteiger partial charge on any atom is 0.239 e. The SMILES string of the molecule is NCC(=O)NCC(=O)NCC(O)COc1cccc(Cl)c1Cl. The highest BCUT2D eigenvalue weighted by atomic mass is 35.5. The summed E-state index contributed by atoms with van der Waals surface area (Å²) in [4.78, 5) is 22.2. The number of aliphatic hydroxyl groups is 1. The average molecular weight is 350 g/mol. The second-order valence-corrected chi connectivity index (χ2v) is 5.09. The molecule has 0 saturated carbocycles. The normalized spacial score (nSPS) is 11.6. The number of hydrogen-bond acceptors (Lipinski definition) is 5. The highest BCUT2D eigenvalue weighted by Crippen LogP contribution is 2.31. The summed E-state index contributed by atoms with van der Waals surface area (Å²) in [5.74, 6) is -0.536. The summed E-state index contributed by atoms with van der Waals surface area (Å²) in [6, 6.07) is 4.89. The Kier molecular flexibility index (Phi) is 7.97. The fourth-order valence-electron chi connectivity index (χ4n) is 1.39. The third-order valence-electron chi connectivity index (χ3n) is 2.51. The first-order valence-electron chi connectivity index (χ1n) is 6.42. The van der Waals surface area contributed by atoms with Gasteiger partial charge in [0.25, 0.3) is 0 Å². The van der Waals surface area contributed by atoms with E-state index < -0.39 is 17.9 Å². The Morgan fingerprint density at radius 2 is 2.00 bits per heavy atom. The van der Waals surface area contributed by atoms with E-state index in [4.69, 9.17) is 33.7 Å². The molecule has 1 rings (SSSR count). The van der Waals surface area contributed by atoms with Crippen LogP contribution in [0.15, 0.2) is 18.2 Å². The number of nitrogens with one attached hydrogen (secondary N) is 2. The standard InChI is InChI=1S/C13H17Cl2N3O4/c14-9-2-1-3-10(13(9)15)22-7-8(19)5-17-12(21)6-18-11(20)4-16/h1-3,8,19H,4-7,16H2,(H,17,21)(H,18,20). The van der Waals surface area contributed by atoms with Gasteiger partial charge in [0.05, 0.1) is 18.1 Å². The molecular formula is C13H17Cl2N3O4. The molecule has 0 aromatic heterocycles. The van der Waals surface area contributed by atoms with E-state index in [2.05, 4.69) is 10.6 Å². The number of carbonyl (C=O) groups excluding carboxylic acids is 2. The molecule has 22 heavy (non-hydrogen) atoms. The van der Waals surface area contributed by atoms with Gasteiger partial charge in [-0.15, -0.1) is 0 Å². The predicted molar refractivity (Wildman–Crippen MR) is 83.0 cm³/mol. The van der Waals surface area contributed by atoms with Crippen molar-refractivity contribution in [3.8, 4) is 5.75 Å². The lowest BCUT2D eigenvalue weighted by Gasteiger charge is -2.14. The number of nitrogens with two attached hydrogens (primary N) is 1. The first-order chi connectivity index (χ1) is 10.4. The highest BCUT2D eigenvalue weighted by Gasteiger charge is 2.11. The van der Waals surface area contributed by atoms with Crippen molar-refractivity contribution in [3.63, 3.8) is 0 Å². The molecule has 0 fully saturated rings. The number of hydrogen-bond donors (Lipinski definition) is 4. The van der Waals surface area contributed by atoms with Crippen LogP contribution in [0.1, 0.15) is 0 Å². The quantitative estimate of drug-likeness (QED) is 0.524. The van der Waals surface area contributed by atoms with Crippen molar-refractivity contribution in [2.24, 2.45) is 5.73 Å². The van der Waals surface area contributed by atoms with Gasteiger partial charge in [0.1, 0.15) is 23.5 Å². The Balaban J connectivity index is 2.29. The Hall–Kier alpha value is -1.54. The van der Waals surface area contributed by atoms with Crippen molar-refractivity contribution in [1.29, 1.82) is 0 Å². The number of amides is 2. The Labute approximate surface area is 137 Å². The van der Waals surface area contributed by atoms with Crippen LogP contribution in [0.3, 0.4) is 0 Å². The van der Waals surface area contributed by atoms with Crippen molar-refractivity contribution in [3.05, 3.63) is 28.2 Å². The lowest BCUT2D eigenvalue weighted by atomic mass is 10.3. The summed E-state index contributed by atoms with van der Waals surface area (Å²) in [6.07, 6.45) is -0.941. The van der Waals surface area contributed by atoms with Gasteiger partial charge >= 0.3 is 0 Å². The van der Waals surface area contributed by atoms with Crippen LogP contribution in [0.4, 0.5) is 0 Å². The van der Waals surface area contributed by atoms with Gasteiger partial charge in [-0.2, -0.15) is 0 Å². The number of rotatable bonds is 8. The van der Waals surface area contributed by atoms with Crippen LogP contribution >= 0.6 is 23.2 Å². The smallest absolute Gasteiger partial charge is 0.239 e. The third-order valence-corrected chi connectivity index (χ3v) is 3.32. The minimum atomic E-state index is -0.941. The molecule has 0 saturated heterocycles. The zero-order chi connectivity index (χ0) is 16.5. The van der Waals surface area contributed by atoms with Gasteiger partial charge < -0.3 is 26.2 Å². The first-order valence-corrected chi connectivity index (χ1v) is 7.18. The van der Waals surface area contributed by atoms with Gasteiger partial charge in [0.15, 0.2) is 0 Å². The number of benzene rings is 1. The molecular weight excluding hydrogens is 333 g/mol. The molecule has 5 N–H and O–H groups in total. The van der Waals surface area contributed by atoms with Crippen LogP contribution in [-0.2, 0) is 9.59 Å². The van der Waals surface area contributed by atoms with Crippen LogP contribution in [0.2, 0.25) is 10.0 Å². The maximum absolute atomic E-state index is 11.4. The van der Waals surface area contributed by atoms with Crippen molar-refractivity contribution < 1.29 is 19.4 Å². The molecule has 0 bridgehead atoms. The monoisotopic (exact) mass is 349 g/mol. The molecule has 9 heteroatoms. The van der Waals surface area contributed by atoms with E-state index in [1.807, 2.05) is 0 Å². The lowest BCUT2D eigenvalue weighted by Crippen LogP contribution is -2.42. The zero-order valence-electron chi connectivity index (χ0n) is 11.6. The van der Waals surface area contributed by atoms with Crippen LogP contribution in [-0.4, -0.2) is 49.3 Å². The molecule has 1 unspecified atom stereocenters. The Morgan fingerprint density at radius 3 is 2.68 bits per heavy atom. The lowest BCUT2D eigenvalue weighted by molar-refractivity contribution is -0.125. The third kappa shape index (κ3) is 6.48. The van der Waals surface area contributed by atoms with Crippen molar-refractivity contribution in [1.82, 2.24) is 10.6 Å². The van der Waals surface area contributed by atoms with E-state index >= 15 is 0 Å². The molecule has 2 amide bonds. The van der Waals surface area contributed by atoms with Crippen molar-refractivity contribution in [2.45, 2.75) is 6.10 Å². The summed E-state index contributed by atoms with van der Waals surface area (Å²) < 4.78 is 5.32. The molecule has 0 radical (unpaired) electrons. The Bertz CT molecular complexity index is 528. The molecule has 1 aromatic rings. The molecule has 1 aromatic carbocycles. The summed E-state index contributed by atoms with van der Waals surface area (Å²) >= 11 is 11.8. The number of ether oxygens (including phenoxy) is 1. The summed E-state index contributed by atoms with van der Waals surface area (Å²) in [5.41, 5.74) is 5.08. The minimum absolute atomic E-state index is 0.0322. The maximum atomic E-state index is 11.4. The topological polar surface area (TPSA) is 114 Å². The van der Waals surface area contributed by atoms with E-state index in [9.17, 15) is 14.7 Å². The van der Waals surface area contributed by atoms with Gasteiger partial charge in [0.2, 0.25) is 11.8 Å². The summed E-state index contributed by atoms with van der Waals surface area (Å²) in [6.45, 7) is -0.501. The van der Waals surface area contributed by atoms with E-state index in [0.717, 1.165) is 0 Å².